The first-order valence-electron chi connectivity index (χ1n) is 6.14. The number of nitrogens with zero attached hydrogens (tertiary/aromatic N) is 3. The Balaban J connectivity index is 2.25. The van der Waals surface area contributed by atoms with Crippen LogP contribution in [0.1, 0.15) is 6.42 Å². The number of carbonyl (C=O) groups is 1. The van der Waals surface area contributed by atoms with Gasteiger partial charge in [-0.25, -0.2) is 5.32 Å². The lowest BCUT2D eigenvalue weighted by atomic mass is 10.0. The van der Waals surface area contributed by atoms with Gasteiger partial charge in [0.1, 0.15) is 6.54 Å². The Morgan fingerprint density at radius 1 is 1.84 bits per heavy atom. The highest BCUT2D eigenvalue weighted by Gasteiger charge is 2.45. The molecule has 2 aliphatic heterocycles. The fourth-order valence-electron chi connectivity index (χ4n) is 2.64. The van der Waals surface area contributed by atoms with E-state index in [2.05, 4.69) is 18.0 Å². The molecule has 3 atom stereocenters. The summed E-state index contributed by atoms with van der Waals surface area (Å²) in [6.45, 7) is 3.78. The van der Waals surface area contributed by atoms with E-state index in [-0.39, 0.29) is 24.5 Å². The number of likely N-dealkylation sites (N-methyl/N-ethyl adjacent to an activating group) is 1. The maximum absolute atomic E-state index is 11.7. The van der Waals surface area contributed by atoms with Gasteiger partial charge in [-0.1, -0.05) is 18.7 Å². The summed E-state index contributed by atoms with van der Waals surface area (Å²) in [5.41, 5.74) is 0.498. The third kappa shape index (κ3) is 2.25. The van der Waals surface area contributed by atoms with Crippen molar-refractivity contribution in [3.8, 4) is 6.07 Å². The van der Waals surface area contributed by atoms with E-state index < -0.39 is 6.03 Å². The summed E-state index contributed by atoms with van der Waals surface area (Å²) in [7, 11) is 1.89. The molecule has 1 saturated heterocycles. The van der Waals surface area contributed by atoms with E-state index in [0.29, 0.717) is 16.9 Å². The highest BCUT2D eigenvalue weighted by molar-refractivity contribution is 5.99. The fourth-order valence-corrected chi connectivity index (χ4v) is 2.64. The van der Waals surface area contributed by atoms with Crippen LogP contribution in [0, 0.1) is 17.2 Å². The molecule has 0 aromatic carbocycles. The van der Waals surface area contributed by atoms with E-state index in [9.17, 15) is 10.0 Å². The smallest absolute Gasteiger partial charge is 0.347 e. The Morgan fingerprint density at radius 3 is 3.21 bits per heavy atom. The molecule has 2 rings (SSSR count). The number of hydrogen-bond acceptors (Lipinski definition) is 4. The van der Waals surface area contributed by atoms with Gasteiger partial charge in [0.15, 0.2) is 5.71 Å². The highest BCUT2D eigenvalue weighted by atomic mass is 16.5. The van der Waals surface area contributed by atoms with Crippen LogP contribution in [0.25, 0.3) is 0 Å². The second-order valence-electron chi connectivity index (χ2n) is 4.71. The zero-order chi connectivity index (χ0) is 14.0. The minimum absolute atomic E-state index is 0.0587. The second kappa shape index (κ2) is 5.24. The van der Waals surface area contributed by atoms with Crippen molar-refractivity contribution < 1.29 is 14.7 Å². The Hall–Kier alpha value is -2.13. The monoisotopic (exact) mass is 261 g/mol. The van der Waals surface area contributed by atoms with E-state index in [1.54, 1.807) is 6.08 Å². The molecule has 1 fully saturated rings. The summed E-state index contributed by atoms with van der Waals surface area (Å²) in [4.78, 5) is 13.7. The van der Waals surface area contributed by atoms with Crippen molar-refractivity contribution >= 4 is 11.7 Å². The lowest BCUT2D eigenvalue weighted by Gasteiger charge is -2.26. The van der Waals surface area contributed by atoms with Crippen molar-refractivity contribution in [3.05, 3.63) is 24.8 Å². The first-order chi connectivity index (χ1) is 9.10. The number of nitriles is 1. The first-order valence-corrected chi connectivity index (χ1v) is 6.14. The predicted octanol–water partition coefficient (Wildman–Crippen LogP) is 0.507. The average molecular weight is 261 g/mol. The summed E-state index contributed by atoms with van der Waals surface area (Å²) in [6, 6.07) is 1.62. The van der Waals surface area contributed by atoms with E-state index >= 15 is 0 Å². The summed E-state index contributed by atoms with van der Waals surface area (Å²) in [5, 5.41) is 21.6. The van der Waals surface area contributed by atoms with Crippen LogP contribution in [0.4, 0.5) is 4.79 Å². The summed E-state index contributed by atoms with van der Waals surface area (Å²) in [5.74, 6) is -0.103. The summed E-state index contributed by atoms with van der Waals surface area (Å²) in [6.07, 6.45) is 5.74. The molecule has 0 aliphatic carbocycles. The average Bonchev–Trinajstić information content (AvgIpc) is 2.62. The zero-order valence-electron chi connectivity index (χ0n) is 10.8. The van der Waals surface area contributed by atoms with E-state index in [0.717, 1.165) is 0 Å². The van der Waals surface area contributed by atoms with Gasteiger partial charge in [-0.05, 0) is 24.3 Å². The molecule has 0 spiro atoms. The van der Waals surface area contributed by atoms with Crippen molar-refractivity contribution in [2.24, 2.45) is 5.92 Å². The number of fused-ring (bicyclic) bond motifs is 2. The Bertz CT molecular complexity index is 503. The Labute approximate surface area is 111 Å². The number of carbonyl (C=O) groups excluding carboxylic acids is 1. The molecule has 0 radical (unpaired) electrons. The van der Waals surface area contributed by atoms with Crippen molar-refractivity contribution in [1.29, 1.82) is 5.26 Å². The number of amides is 2. The first kappa shape index (κ1) is 13.3. The van der Waals surface area contributed by atoms with Crippen LogP contribution in [0.2, 0.25) is 0 Å². The van der Waals surface area contributed by atoms with Crippen molar-refractivity contribution in [2.75, 3.05) is 13.6 Å². The molecule has 2 N–H and O–H groups in total. The van der Waals surface area contributed by atoms with Crippen LogP contribution < -0.4 is 5.32 Å². The molecular formula is C13H17N4O2+. The largest absolute Gasteiger partial charge is 0.530 e. The highest BCUT2D eigenvalue weighted by Crippen LogP contribution is 2.33. The van der Waals surface area contributed by atoms with Crippen LogP contribution in [-0.2, 0) is 0 Å². The minimum Gasteiger partial charge on any atom is -0.347 e. The van der Waals surface area contributed by atoms with Crippen molar-refractivity contribution in [3.63, 3.8) is 0 Å². The molecule has 2 amide bonds. The number of hydrogen-bond donors (Lipinski definition) is 2. The SMILES string of the molecule is C=CCNC(=O)/[N+](O)=C1\C=C[C@@H]2C(C#N)C[C@H]1N2C. The van der Waals surface area contributed by atoms with E-state index in [1.807, 2.05) is 18.0 Å². The standard InChI is InChI=1S/C13H16N4O2/c1-3-6-15-13(18)17(19)11-5-4-10-9(8-14)7-12(11)16(10)2/h3-5,9-10,12H,1,6-7H2,2H3,(H-,15,18,19)/p+1/b17-11-/t9?,10-,12-/m1/s1. The van der Waals surface area contributed by atoms with Crippen LogP contribution in [0.5, 0.6) is 0 Å². The van der Waals surface area contributed by atoms with Gasteiger partial charge in [0.05, 0.1) is 18.0 Å². The van der Waals surface area contributed by atoms with E-state index in [1.165, 1.54) is 6.08 Å². The van der Waals surface area contributed by atoms with Gasteiger partial charge in [0.2, 0.25) is 0 Å². The van der Waals surface area contributed by atoms with Gasteiger partial charge < -0.3 is 5.21 Å². The molecule has 19 heavy (non-hydrogen) atoms. The quantitative estimate of drug-likeness (QED) is 0.249. The lowest BCUT2D eigenvalue weighted by molar-refractivity contribution is -0.700. The van der Waals surface area contributed by atoms with Gasteiger partial charge >= 0.3 is 6.03 Å². The molecule has 0 saturated carbocycles. The third-order valence-corrected chi connectivity index (χ3v) is 3.66. The molecular weight excluding hydrogens is 244 g/mol. The molecule has 2 bridgehead atoms. The van der Waals surface area contributed by atoms with Gasteiger partial charge in [-0.15, -0.1) is 0 Å². The number of nitrogens with one attached hydrogen (secondary N) is 1. The van der Waals surface area contributed by atoms with Crippen LogP contribution in [0.15, 0.2) is 24.8 Å². The Kier molecular flexibility index (Phi) is 3.67. The topological polar surface area (TPSA) is 79.4 Å². The molecule has 2 heterocycles. The molecule has 0 aromatic rings. The minimum atomic E-state index is -0.591. The van der Waals surface area contributed by atoms with Gasteiger partial charge in [-0.2, -0.15) is 10.1 Å². The molecule has 100 valence electrons. The molecule has 6 heteroatoms. The molecule has 1 unspecified atom stereocenters. The third-order valence-electron chi connectivity index (χ3n) is 3.66. The molecule has 6 nitrogen and oxygen atoms in total. The van der Waals surface area contributed by atoms with Gasteiger partial charge in [0, 0.05) is 6.04 Å². The van der Waals surface area contributed by atoms with Gasteiger partial charge in [0.25, 0.3) is 0 Å². The van der Waals surface area contributed by atoms with Crippen molar-refractivity contribution in [2.45, 2.75) is 18.5 Å². The lowest BCUT2D eigenvalue weighted by Crippen LogP contribution is -2.46. The molecule has 0 aromatic heterocycles. The van der Waals surface area contributed by atoms with E-state index in [4.69, 9.17) is 5.26 Å². The second-order valence-corrected chi connectivity index (χ2v) is 4.71. The number of urea groups is 1. The number of rotatable bonds is 2. The zero-order valence-corrected chi connectivity index (χ0v) is 10.8. The van der Waals surface area contributed by atoms with Crippen LogP contribution in [-0.4, -0.2) is 52.3 Å². The summed E-state index contributed by atoms with van der Waals surface area (Å²) < 4.78 is 0.622. The maximum atomic E-state index is 11.7. The molecule has 2 aliphatic rings. The summed E-state index contributed by atoms with van der Waals surface area (Å²) >= 11 is 0. The van der Waals surface area contributed by atoms with Crippen LogP contribution in [0.3, 0.4) is 0 Å². The number of hydroxylamine groups is 1. The maximum Gasteiger partial charge on any atom is 0.530 e. The van der Waals surface area contributed by atoms with Crippen LogP contribution >= 0.6 is 0 Å². The fraction of sp³-hybridized carbons (Fsp3) is 0.462. The predicted molar refractivity (Wildman–Crippen MR) is 68.8 cm³/mol. The van der Waals surface area contributed by atoms with Gasteiger partial charge in [-0.3, -0.25) is 4.90 Å². The normalized spacial score (nSPS) is 31.7. The Morgan fingerprint density at radius 2 is 2.58 bits per heavy atom. The van der Waals surface area contributed by atoms with Crippen molar-refractivity contribution in [1.82, 2.24) is 10.2 Å².